The van der Waals surface area contributed by atoms with Crippen LogP contribution in [-0.4, -0.2) is 23.9 Å². The van der Waals surface area contributed by atoms with Gasteiger partial charge in [0.2, 0.25) is 0 Å². The number of rotatable bonds is 4. The highest BCUT2D eigenvalue weighted by Crippen LogP contribution is 2.44. The van der Waals surface area contributed by atoms with Crippen LogP contribution in [0.5, 0.6) is 5.75 Å². The highest BCUT2D eigenvalue weighted by atomic mass is 35.5. The molecule has 4 rings (SSSR count). The number of aryl methyl sites for hydroxylation is 3. The smallest absolute Gasteiger partial charge is 0.300 e. The van der Waals surface area contributed by atoms with E-state index in [1.54, 1.807) is 25.3 Å². The number of hydrogen-bond acceptors (Lipinski definition) is 4. The van der Waals surface area contributed by atoms with E-state index in [0.717, 1.165) is 27.8 Å². The quantitative estimate of drug-likeness (QED) is 0.226. The Morgan fingerprint density at radius 1 is 0.919 bits per heavy atom. The standard InChI is InChI=1S/C31H32ClNO4/c1-17-8-13-22(32)16-24(17)33-27(20-9-11-21(12-10-20)31(4,5)6)26(29(35)30(33)36)28(34)23-14-19(3)25(37-7)15-18(23)2/h8-16,27,34H,1-7H3/b28-26+. The topological polar surface area (TPSA) is 66.8 Å². The molecule has 1 heterocycles. The number of carbonyl (C=O) groups is 2. The molecule has 3 aromatic carbocycles. The lowest BCUT2D eigenvalue weighted by Gasteiger charge is -2.28. The van der Waals surface area contributed by atoms with Crippen LogP contribution < -0.4 is 9.64 Å². The van der Waals surface area contributed by atoms with Crippen molar-refractivity contribution in [2.45, 2.75) is 53.0 Å². The lowest BCUT2D eigenvalue weighted by atomic mass is 9.85. The molecule has 0 radical (unpaired) electrons. The van der Waals surface area contributed by atoms with E-state index in [2.05, 4.69) is 20.8 Å². The van der Waals surface area contributed by atoms with Gasteiger partial charge in [-0.15, -0.1) is 0 Å². The van der Waals surface area contributed by atoms with Gasteiger partial charge in [0, 0.05) is 16.3 Å². The average molecular weight is 518 g/mol. The average Bonchev–Trinajstić information content (AvgIpc) is 3.11. The van der Waals surface area contributed by atoms with Crippen LogP contribution in [0.3, 0.4) is 0 Å². The van der Waals surface area contributed by atoms with E-state index >= 15 is 0 Å². The monoisotopic (exact) mass is 517 g/mol. The summed E-state index contributed by atoms with van der Waals surface area (Å²) in [4.78, 5) is 28.6. The Labute approximate surface area is 223 Å². The summed E-state index contributed by atoms with van der Waals surface area (Å²) in [5.41, 5.74) is 5.15. The number of hydrogen-bond donors (Lipinski definition) is 1. The fourth-order valence-corrected chi connectivity index (χ4v) is 4.98. The summed E-state index contributed by atoms with van der Waals surface area (Å²) < 4.78 is 5.41. The number of aliphatic hydroxyl groups excluding tert-OH is 1. The number of benzene rings is 3. The first-order chi connectivity index (χ1) is 17.3. The first-order valence-corrected chi connectivity index (χ1v) is 12.6. The second-order valence-corrected chi connectivity index (χ2v) is 11.0. The summed E-state index contributed by atoms with van der Waals surface area (Å²) in [5.74, 6) is -0.985. The molecule has 0 aliphatic carbocycles. The van der Waals surface area contributed by atoms with Crippen molar-refractivity contribution in [3.05, 3.63) is 98.6 Å². The van der Waals surface area contributed by atoms with Crippen molar-refractivity contribution in [2.75, 3.05) is 12.0 Å². The predicted octanol–water partition coefficient (Wildman–Crippen LogP) is 7.20. The lowest BCUT2D eigenvalue weighted by molar-refractivity contribution is -0.132. The van der Waals surface area contributed by atoms with Gasteiger partial charge in [-0.2, -0.15) is 0 Å². The van der Waals surface area contributed by atoms with Crippen LogP contribution in [0.4, 0.5) is 5.69 Å². The van der Waals surface area contributed by atoms with E-state index in [1.165, 1.54) is 4.90 Å². The minimum Gasteiger partial charge on any atom is -0.507 e. The first-order valence-electron chi connectivity index (χ1n) is 12.2. The number of anilines is 1. The Hall–Kier alpha value is -3.57. The summed E-state index contributed by atoms with van der Waals surface area (Å²) in [6.45, 7) is 11.9. The summed E-state index contributed by atoms with van der Waals surface area (Å²) in [7, 11) is 1.58. The van der Waals surface area contributed by atoms with Crippen LogP contribution in [0.25, 0.3) is 5.76 Å². The number of halogens is 1. The van der Waals surface area contributed by atoms with Crippen molar-refractivity contribution >= 4 is 34.7 Å². The van der Waals surface area contributed by atoms with Crippen LogP contribution in [0.1, 0.15) is 60.2 Å². The molecule has 1 aliphatic heterocycles. The van der Waals surface area contributed by atoms with Gasteiger partial charge < -0.3 is 9.84 Å². The molecular weight excluding hydrogens is 486 g/mol. The Balaban J connectivity index is 1.99. The third-order valence-corrected chi connectivity index (χ3v) is 7.20. The minimum atomic E-state index is -0.826. The third kappa shape index (κ3) is 4.76. The maximum Gasteiger partial charge on any atom is 0.300 e. The molecule has 3 aromatic rings. The molecule has 1 aliphatic rings. The molecule has 0 bridgehead atoms. The molecule has 37 heavy (non-hydrogen) atoms. The number of nitrogens with zero attached hydrogens (tertiary/aromatic N) is 1. The fraction of sp³-hybridized carbons (Fsp3) is 0.290. The predicted molar refractivity (Wildman–Crippen MR) is 149 cm³/mol. The molecule has 192 valence electrons. The van der Waals surface area contributed by atoms with Crippen LogP contribution in [0.2, 0.25) is 5.02 Å². The molecule has 1 saturated heterocycles. The van der Waals surface area contributed by atoms with E-state index in [9.17, 15) is 14.7 Å². The number of carbonyl (C=O) groups excluding carboxylic acids is 2. The second kappa shape index (κ2) is 9.71. The van der Waals surface area contributed by atoms with Crippen LogP contribution >= 0.6 is 11.6 Å². The van der Waals surface area contributed by atoms with Gasteiger partial charge in [-0.1, -0.05) is 62.7 Å². The molecule has 1 unspecified atom stereocenters. The van der Waals surface area contributed by atoms with E-state index in [0.29, 0.717) is 22.0 Å². The molecule has 0 spiro atoms. The molecule has 0 saturated carbocycles. The molecule has 6 heteroatoms. The van der Waals surface area contributed by atoms with Crippen LogP contribution in [0, 0.1) is 20.8 Å². The normalized spacial score (nSPS) is 17.4. The molecular formula is C31H32ClNO4. The molecule has 1 atom stereocenters. The van der Waals surface area contributed by atoms with E-state index in [4.69, 9.17) is 16.3 Å². The fourth-order valence-electron chi connectivity index (χ4n) is 4.81. The molecule has 1 amide bonds. The van der Waals surface area contributed by atoms with Crippen molar-refractivity contribution in [1.82, 2.24) is 0 Å². The second-order valence-electron chi connectivity index (χ2n) is 10.6. The zero-order chi connectivity index (χ0) is 27.2. The van der Waals surface area contributed by atoms with Crippen molar-refractivity contribution in [3.63, 3.8) is 0 Å². The van der Waals surface area contributed by atoms with Gasteiger partial charge in [-0.25, -0.2) is 0 Å². The van der Waals surface area contributed by atoms with E-state index in [1.807, 2.05) is 57.2 Å². The third-order valence-electron chi connectivity index (χ3n) is 6.96. The van der Waals surface area contributed by atoms with Crippen molar-refractivity contribution < 1.29 is 19.4 Å². The lowest BCUT2D eigenvalue weighted by Crippen LogP contribution is -2.30. The highest BCUT2D eigenvalue weighted by Gasteiger charge is 2.47. The van der Waals surface area contributed by atoms with E-state index in [-0.39, 0.29) is 16.7 Å². The van der Waals surface area contributed by atoms with Crippen LogP contribution in [0.15, 0.2) is 60.2 Å². The number of amides is 1. The van der Waals surface area contributed by atoms with Gasteiger partial charge in [0.05, 0.1) is 18.7 Å². The molecule has 1 fully saturated rings. The van der Waals surface area contributed by atoms with Crippen LogP contribution in [-0.2, 0) is 15.0 Å². The Morgan fingerprint density at radius 3 is 2.16 bits per heavy atom. The van der Waals surface area contributed by atoms with Gasteiger partial charge >= 0.3 is 0 Å². The van der Waals surface area contributed by atoms with Gasteiger partial charge in [-0.05, 0) is 78.3 Å². The van der Waals surface area contributed by atoms with Gasteiger partial charge in [0.1, 0.15) is 11.5 Å². The number of ether oxygens (including phenoxy) is 1. The van der Waals surface area contributed by atoms with Crippen molar-refractivity contribution in [2.24, 2.45) is 0 Å². The zero-order valence-electron chi connectivity index (χ0n) is 22.3. The maximum absolute atomic E-state index is 13.6. The highest BCUT2D eigenvalue weighted by molar-refractivity contribution is 6.52. The number of methoxy groups -OCH3 is 1. The summed E-state index contributed by atoms with van der Waals surface area (Å²) in [5, 5.41) is 12.0. The number of Topliss-reactive ketones (excluding diaryl/α,β-unsaturated/α-hetero) is 1. The van der Waals surface area contributed by atoms with E-state index < -0.39 is 17.7 Å². The van der Waals surface area contributed by atoms with Gasteiger partial charge in [0.15, 0.2) is 0 Å². The SMILES string of the molecule is COc1cc(C)c(/C(O)=C2\C(=O)C(=O)N(c3cc(Cl)ccc3C)C2c2ccc(C(C)(C)C)cc2)cc1C. The molecule has 0 aromatic heterocycles. The Bertz CT molecular complexity index is 1430. The minimum absolute atomic E-state index is 0.0422. The molecule has 5 nitrogen and oxygen atoms in total. The maximum atomic E-state index is 13.6. The Kier molecular flexibility index (Phi) is 6.95. The largest absolute Gasteiger partial charge is 0.507 e. The molecule has 1 N–H and O–H groups in total. The summed E-state index contributed by atoms with van der Waals surface area (Å²) in [6.07, 6.45) is 0. The Morgan fingerprint density at radius 2 is 1.57 bits per heavy atom. The summed E-state index contributed by atoms with van der Waals surface area (Å²) >= 11 is 6.31. The van der Waals surface area contributed by atoms with Gasteiger partial charge in [0.25, 0.3) is 11.7 Å². The van der Waals surface area contributed by atoms with Gasteiger partial charge in [-0.3, -0.25) is 14.5 Å². The zero-order valence-corrected chi connectivity index (χ0v) is 23.0. The van der Waals surface area contributed by atoms with Crippen molar-refractivity contribution in [3.8, 4) is 5.75 Å². The number of aliphatic hydroxyl groups is 1. The summed E-state index contributed by atoms with van der Waals surface area (Å²) in [6, 6.07) is 15.9. The van der Waals surface area contributed by atoms with Crippen molar-refractivity contribution in [1.29, 1.82) is 0 Å². The first kappa shape index (κ1) is 26.5. The number of ketones is 1.